The molecule has 0 saturated carbocycles. The van der Waals surface area contributed by atoms with Crippen molar-refractivity contribution in [2.45, 2.75) is 19.3 Å². The number of rotatable bonds is 1. The topological polar surface area (TPSA) is 66.4 Å². The summed E-state index contributed by atoms with van der Waals surface area (Å²) in [5.41, 5.74) is 0.864. The highest BCUT2D eigenvalue weighted by Crippen LogP contribution is 2.42. The van der Waals surface area contributed by atoms with Crippen molar-refractivity contribution in [3.05, 3.63) is 27.7 Å². The fraction of sp³-hybridized carbons (Fsp3) is 0.273. The SMILES string of the molecule is CC1(C)C(=O)Nc2c(Br)cc(C(=O)O)cc21. The van der Waals surface area contributed by atoms with Crippen LogP contribution in [0, 0.1) is 0 Å². The summed E-state index contributed by atoms with van der Waals surface area (Å²) in [4.78, 5) is 22.6. The number of hydrogen-bond acceptors (Lipinski definition) is 2. The van der Waals surface area contributed by atoms with Crippen LogP contribution in [0.5, 0.6) is 0 Å². The molecule has 1 heterocycles. The first-order chi connectivity index (χ1) is 7.34. The van der Waals surface area contributed by atoms with E-state index in [4.69, 9.17) is 5.11 Å². The summed E-state index contributed by atoms with van der Waals surface area (Å²) in [6, 6.07) is 3.03. The van der Waals surface area contributed by atoms with E-state index in [2.05, 4.69) is 21.2 Å². The molecule has 1 aliphatic rings. The predicted octanol–water partition coefficient (Wildman–Crippen LogP) is 2.38. The molecule has 1 amide bonds. The van der Waals surface area contributed by atoms with Crippen molar-refractivity contribution in [2.75, 3.05) is 5.32 Å². The van der Waals surface area contributed by atoms with Crippen molar-refractivity contribution in [1.29, 1.82) is 0 Å². The van der Waals surface area contributed by atoms with E-state index >= 15 is 0 Å². The molecule has 4 nitrogen and oxygen atoms in total. The van der Waals surface area contributed by atoms with Gasteiger partial charge in [-0.15, -0.1) is 0 Å². The highest BCUT2D eigenvalue weighted by Gasteiger charge is 2.39. The second kappa shape index (κ2) is 3.31. The van der Waals surface area contributed by atoms with Gasteiger partial charge in [0.05, 0.1) is 16.7 Å². The zero-order chi connectivity index (χ0) is 12.1. The van der Waals surface area contributed by atoms with E-state index in [0.717, 1.165) is 0 Å². The van der Waals surface area contributed by atoms with Gasteiger partial charge in [0.25, 0.3) is 0 Å². The molecule has 0 unspecified atom stereocenters. The number of benzene rings is 1. The fourth-order valence-electron chi connectivity index (χ4n) is 1.74. The van der Waals surface area contributed by atoms with Gasteiger partial charge in [-0.2, -0.15) is 0 Å². The Morgan fingerprint density at radius 3 is 2.62 bits per heavy atom. The van der Waals surface area contributed by atoms with Crippen LogP contribution in [0.15, 0.2) is 16.6 Å². The molecule has 0 spiro atoms. The Morgan fingerprint density at radius 1 is 1.44 bits per heavy atom. The normalized spacial score (nSPS) is 16.8. The molecule has 0 aliphatic carbocycles. The molecular formula is C11H10BrNO3. The van der Waals surface area contributed by atoms with Crippen LogP contribution in [-0.4, -0.2) is 17.0 Å². The van der Waals surface area contributed by atoms with Gasteiger partial charge in [-0.05, 0) is 47.5 Å². The first kappa shape index (κ1) is 11.1. The quantitative estimate of drug-likeness (QED) is 0.832. The van der Waals surface area contributed by atoms with Crippen molar-refractivity contribution >= 4 is 33.5 Å². The van der Waals surface area contributed by atoms with Gasteiger partial charge >= 0.3 is 5.97 Å². The monoisotopic (exact) mass is 283 g/mol. The number of hydrogen-bond donors (Lipinski definition) is 2. The van der Waals surface area contributed by atoms with Gasteiger partial charge in [0.2, 0.25) is 5.91 Å². The Morgan fingerprint density at radius 2 is 2.06 bits per heavy atom. The molecule has 0 fully saturated rings. The zero-order valence-electron chi connectivity index (χ0n) is 8.80. The van der Waals surface area contributed by atoms with Crippen LogP contribution < -0.4 is 5.32 Å². The minimum absolute atomic E-state index is 0.120. The lowest BCUT2D eigenvalue weighted by Gasteiger charge is -2.15. The van der Waals surface area contributed by atoms with Crippen LogP contribution in [0.1, 0.15) is 29.8 Å². The second-order valence-corrected chi connectivity index (χ2v) is 5.12. The molecule has 0 saturated heterocycles. The average Bonchev–Trinajstić information content (AvgIpc) is 2.40. The molecular weight excluding hydrogens is 274 g/mol. The molecule has 1 aromatic rings. The molecule has 0 atom stereocenters. The third-order valence-corrected chi connectivity index (χ3v) is 3.44. The maximum absolute atomic E-state index is 11.7. The number of carboxylic acid groups (broad SMARTS) is 1. The molecule has 0 aromatic heterocycles. The largest absolute Gasteiger partial charge is 0.478 e. The van der Waals surface area contributed by atoms with Crippen LogP contribution in [0.25, 0.3) is 0 Å². The Labute approximate surface area is 101 Å². The molecule has 2 rings (SSSR count). The fourth-order valence-corrected chi connectivity index (χ4v) is 2.30. The van der Waals surface area contributed by atoms with Gasteiger partial charge in [0.15, 0.2) is 0 Å². The Bertz CT molecular complexity index is 508. The molecule has 84 valence electrons. The van der Waals surface area contributed by atoms with E-state index in [1.165, 1.54) is 6.07 Å². The van der Waals surface area contributed by atoms with Crippen molar-refractivity contribution in [3.63, 3.8) is 0 Å². The van der Waals surface area contributed by atoms with E-state index in [0.29, 0.717) is 15.7 Å². The van der Waals surface area contributed by atoms with Crippen molar-refractivity contribution in [3.8, 4) is 0 Å². The van der Waals surface area contributed by atoms with Crippen LogP contribution in [0.2, 0.25) is 0 Å². The molecule has 0 bridgehead atoms. The number of anilines is 1. The lowest BCUT2D eigenvalue weighted by molar-refractivity contribution is -0.119. The van der Waals surface area contributed by atoms with Crippen LogP contribution in [0.3, 0.4) is 0 Å². The van der Waals surface area contributed by atoms with Gasteiger partial charge in [-0.1, -0.05) is 0 Å². The van der Waals surface area contributed by atoms with Gasteiger partial charge in [0, 0.05) is 4.47 Å². The number of carbonyl (C=O) groups is 2. The smallest absolute Gasteiger partial charge is 0.335 e. The molecule has 1 aliphatic heterocycles. The standard InChI is InChI=1S/C11H10BrNO3/c1-11(2)6-3-5(9(14)15)4-7(12)8(6)13-10(11)16/h3-4H,1-2H3,(H,13,16)(H,14,15). The summed E-state index contributed by atoms with van der Waals surface area (Å²) in [6.45, 7) is 3.54. The first-order valence-electron chi connectivity index (χ1n) is 4.73. The van der Waals surface area contributed by atoms with E-state index in [1.807, 2.05) is 0 Å². The maximum atomic E-state index is 11.7. The summed E-state index contributed by atoms with van der Waals surface area (Å²) < 4.78 is 0.598. The summed E-state index contributed by atoms with van der Waals surface area (Å²) in [5.74, 6) is -1.12. The van der Waals surface area contributed by atoms with Crippen LogP contribution >= 0.6 is 15.9 Å². The third kappa shape index (κ3) is 1.43. The maximum Gasteiger partial charge on any atom is 0.335 e. The lowest BCUT2D eigenvalue weighted by atomic mass is 9.85. The summed E-state index contributed by atoms with van der Waals surface area (Å²) in [5, 5.41) is 11.7. The Hall–Kier alpha value is -1.36. The van der Waals surface area contributed by atoms with Crippen molar-refractivity contribution in [1.82, 2.24) is 0 Å². The molecule has 2 N–H and O–H groups in total. The number of amides is 1. The van der Waals surface area contributed by atoms with Gasteiger partial charge in [-0.25, -0.2) is 4.79 Å². The van der Waals surface area contributed by atoms with E-state index in [1.54, 1.807) is 19.9 Å². The Balaban J connectivity index is 2.69. The zero-order valence-corrected chi connectivity index (χ0v) is 10.4. The molecule has 1 aromatic carbocycles. The van der Waals surface area contributed by atoms with Crippen LogP contribution in [-0.2, 0) is 10.2 Å². The minimum Gasteiger partial charge on any atom is -0.478 e. The number of nitrogens with one attached hydrogen (secondary N) is 1. The predicted molar refractivity (Wildman–Crippen MR) is 62.8 cm³/mol. The molecule has 5 heteroatoms. The summed E-state index contributed by atoms with van der Waals surface area (Å²) in [6.07, 6.45) is 0. The minimum atomic E-state index is -1.00. The average molecular weight is 284 g/mol. The van der Waals surface area contributed by atoms with Gasteiger partial charge in [0.1, 0.15) is 0 Å². The number of carboxylic acids is 1. The van der Waals surface area contributed by atoms with Crippen LogP contribution in [0.4, 0.5) is 5.69 Å². The van der Waals surface area contributed by atoms with E-state index < -0.39 is 11.4 Å². The highest BCUT2D eigenvalue weighted by molar-refractivity contribution is 9.10. The molecule has 0 radical (unpaired) electrons. The lowest BCUT2D eigenvalue weighted by Crippen LogP contribution is -2.26. The van der Waals surface area contributed by atoms with Crippen molar-refractivity contribution < 1.29 is 14.7 Å². The number of carbonyl (C=O) groups excluding carboxylic acids is 1. The van der Waals surface area contributed by atoms with E-state index in [9.17, 15) is 9.59 Å². The van der Waals surface area contributed by atoms with Gasteiger partial charge < -0.3 is 10.4 Å². The number of fused-ring (bicyclic) bond motifs is 1. The summed E-state index contributed by atoms with van der Waals surface area (Å²) in [7, 11) is 0. The number of aromatic carboxylic acids is 1. The molecule has 16 heavy (non-hydrogen) atoms. The highest BCUT2D eigenvalue weighted by atomic mass is 79.9. The van der Waals surface area contributed by atoms with Crippen molar-refractivity contribution in [2.24, 2.45) is 0 Å². The van der Waals surface area contributed by atoms with E-state index in [-0.39, 0.29) is 11.5 Å². The first-order valence-corrected chi connectivity index (χ1v) is 5.52. The van der Waals surface area contributed by atoms with Gasteiger partial charge in [-0.3, -0.25) is 4.79 Å². The summed E-state index contributed by atoms with van der Waals surface area (Å²) >= 11 is 3.27. The third-order valence-electron chi connectivity index (χ3n) is 2.82. The Kier molecular flexibility index (Phi) is 2.31. The second-order valence-electron chi connectivity index (χ2n) is 4.26. The number of halogens is 1.